The highest BCUT2D eigenvalue weighted by atomic mass is 127. The molecule has 0 radical (unpaired) electrons. The van der Waals surface area contributed by atoms with Crippen molar-refractivity contribution < 1.29 is 4.74 Å². The molecule has 0 bridgehead atoms. The van der Waals surface area contributed by atoms with Gasteiger partial charge in [0.2, 0.25) is 0 Å². The Hall–Kier alpha value is -0.470. The lowest BCUT2D eigenvalue weighted by molar-refractivity contribution is 0.121. The average molecular weight is 465 g/mol. The minimum Gasteiger partial charge on any atom is -0.377 e. The van der Waals surface area contributed by atoms with Gasteiger partial charge in [-0.15, -0.1) is 24.0 Å². The van der Waals surface area contributed by atoms with Gasteiger partial charge >= 0.3 is 0 Å². The van der Waals surface area contributed by atoms with Crippen LogP contribution < -0.4 is 10.6 Å². The summed E-state index contributed by atoms with van der Waals surface area (Å²) in [6.07, 6.45) is 5.61. The summed E-state index contributed by atoms with van der Waals surface area (Å²) in [6.45, 7) is 5.33. The predicted octanol–water partition coefficient (Wildman–Crippen LogP) is 4.04. The first-order valence-electron chi connectivity index (χ1n) is 8.39. The van der Waals surface area contributed by atoms with E-state index in [1.165, 1.54) is 29.7 Å². The molecule has 0 atom stereocenters. The number of hydrogen-bond donors (Lipinski definition) is 2. The minimum absolute atomic E-state index is 0. The molecule has 6 heteroatoms. The molecule has 138 valence electrons. The van der Waals surface area contributed by atoms with Crippen molar-refractivity contribution in [3.8, 4) is 0 Å². The number of rotatable bonds is 11. The molecule has 1 aromatic rings. The first kappa shape index (κ1) is 23.5. The van der Waals surface area contributed by atoms with E-state index in [1.807, 2.05) is 18.8 Å². The topological polar surface area (TPSA) is 45.6 Å². The van der Waals surface area contributed by atoms with Crippen LogP contribution in [0.4, 0.5) is 0 Å². The molecular weight excluding hydrogens is 433 g/mol. The second-order valence-electron chi connectivity index (χ2n) is 5.37. The molecule has 2 N–H and O–H groups in total. The van der Waals surface area contributed by atoms with E-state index in [2.05, 4.69) is 53.1 Å². The Labute approximate surface area is 168 Å². The molecule has 1 aromatic carbocycles. The van der Waals surface area contributed by atoms with Crippen molar-refractivity contribution in [2.24, 2.45) is 4.99 Å². The zero-order valence-corrected chi connectivity index (χ0v) is 18.3. The Morgan fingerprint density at radius 3 is 2.58 bits per heavy atom. The Kier molecular flexibility index (Phi) is 15.7. The van der Waals surface area contributed by atoms with Crippen LogP contribution in [0.5, 0.6) is 0 Å². The van der Waals surface area contributed by atoms with E-state index in [1.54, 1.807) is 0 Å². The SMILES string of the molecule is CCCOCc1ccccc1CNC(=NC)NCCCCSC.I. The van der Waals surface area contributed by atoms with Gasteiger partial charge < -0.3 is 15.4 Å². The standard InChI is InChI=1S/C18H31N3OS.HI/c1-4-12-22-15-17-10-6-5-9-16(17)14-21-18(19-2)20-11-7-8-13-23-3;/h5-6,9-10H,4,7-8,11-15H2,1-3H3,(H2,19,20,21);1H. The quantitative estimate of drug-likeness (QED) is 0.224. The molecule has 0 aliphatic carbocycles. The lowest BCUT2D eigenvalue weighted by Gasteiger charge is -2.14. The van der Waals surface area contributed by atoms with E-state index in [0.29, 0.717) is 6.61 Å². The molecule has 0 amide bonds. The summed E-state index contributed by atoms with van der Waals surface area (Å²) in [5.74, 6) is 2.08. The van der Waals surface area contributed by atoms with Crippen LogP contribution in [0, 0.1) is 0 Å². The van der Waals surface area contributed by atoms with Crippen molar-refractivity contribution in [2.45, 2.75) is 39.3 Å². The van der Waals surface area contributed by atoms with Crippen LogP contribution in [0.3, 0.4) is 0 Å². The van der Waals surface area contributed by atoms with E-state index in [0.717, 1.165) is 32.1 Å². The molecule has 0 aliphatic rings. The smallest absolute Gasteiger partial charge is 0.191 e. The van der Waals surface area contributed by atoms with Crippen molar-refractivity contribution in [1.29, 1.82) is 0 Å². The molecule has 0 heterocycles. The van der Waals surface area contributed by atoms with E-state index in [9.17, 15) is 0 Å². The highest BCUT2D eigenvalue weighted by Gasteiger charge is 2.03. The number of aliphatic imine (C=N–C) groups is 1. The third-order valence-electron chi connectivity index (χ3n) is 3.46. The van der Waals surface area contributed by atoms with E-state index in [4.69, 9.17) is 4.74 Å². The number of benzene rings is 1. The van der Waals surface area contributed by atoms with Crippen LogP contribution >= 0.6 is 35.7 Å². The normalized spacial score (nSPS) is 11.0. The van der Waals surface area contributed by atoms with Gasteiger partial charge in [-0.2, -0.15) is 11.8 Å². The van der Waals surface area contributed by atoms with Crippen molar-refractivity contribution in [3.05, 3.63) is 35.4 Å². The van der Waals surface area contributed by atoms with Crippen molar-refractivity contribution in [1.82, 2.24) is 10.6 Å². The fraction of sp³-hybridized carbons (Fsp3) is 0.611. The van der Waals surface area contributed by atoms with Crippen molar-refractivity contribution in [2.75, 3.05) is 32.2 Å². The number of halogens is 1. The Bertz CT molecular complexity index is 458. The highest BCUT2D eigenvalue weighted by Crippen LogP contribution is 2.10. The number of guanidine groups is 1. The summed E-state index contributed by atoms with van der Waals surface area (Å²) in [4.78, 5) is 4.28. The van der Waals surface area contributed by atoms with Gasteiger partial charge in [0.25, 0.3) is 0 Å². The molecule has 0 fully saturated rings. The van der Waals surface area contributed by atoms with Crippen molar-refractivity contribution >= 4 is 41.7 Å². The van der Waals surface area contributed by atoms with Gasteiger partial charge in [0.05, 0.1) is 6.61 Å². The molecule has 0 saturated heterocycles. The van der Waals surface area contributed by atoms with Crippen molar-refractivity contribution in [3.63, 3.8) is 0 Å². The highest BCUT2D eigenvalue weighted by molar-refractivity contribution is 14.0. The fourth-order valence-electron chi connectivity index (χ4n) is 2.17. The summed E-state index contributed by atoms with van der Waals surface area (Å²) in [5, 5.41) is 6.75. The maximum atomic E-state index is 5.67. The summed E-state index contributed by atoms with van der Waals surface area (Å²) in [5.41, 5.74) is 2.50. The molecule has 0 aromatic heterocycles. The maximum absolute atomic E-state index is 5.67. The van der Waals surface area contributed by atoms with E-state index >= 15 is 0 Å². The number of hydrogen-bond acceptors (Lipinski definition) is 3. The monoisotopic (exact) mass is 465 g/mol. The number of unbranched alkanes of at least 4 members (excludes halogenated alkanes) is 1. The maximum Gasteiger partial charge on any atom is 0.191 e. The second kappa shape index (κ2) is 16.0. The van der Waals surface area contributed by atoms with Crippen LogP contribution in [0.15, 0.2) is 29.3 Å². The molecule has 0 aliphatic heterocycles. The van der Waals surface area contributed by atoms with Crippen LogP contribution in [0.2, 0.25) is 0 Å². The summed E-state index contributed by atoms with van der Waals surface area (Å²) < 4.78 is 5.67. The largest absolute Gasteiger partial charge is 0.377 e. The Morgan fingerprint density at radius 1 is 1.17 bits per heavy atom. The third kappa shape index (κ3) is 10.4. The molecule has 0 unspecified atom stereocenters. The zero-order valence-electron chi connectivity index (χ0n) is 15.1. The predicted molar refractivity (Wildman–Crippen MR) is 118 cm³/mol. The van der Waals surface area contributed by atoms with Crippen LogP contribution in [0.25, 0.3) is 0 Å². The van der Waals surface area contributed by atoms with Gasteiger partial charge in [-0.3, -0.25) is 4.99 Å². The lowest BCUT2D eigenvalue weighted by atomic mass is 10.1. The van der Waals surface area contributed by atoms with Gasteiger partial charge in [0, 0.05) is 26.7 Å². The Balaban J connectivity index is 0.00000529. The minimum atomic E-state index is 0. The number of nitrogens with one attached hydrogen (secondary N) is 2. The summed E-state index contributed by atoms with van der Waals surface area (Å²) in [7, 11) is 1.81. The lowest BCUT2D eigenvalue weighted by Crippen LogP contribution is -2.37. The second-order valence-corrected chi connectivity index (χ2v) is 6.36. The van der Waals surface area contributed by atoms with Crippen LogP contribution in [-0.4, -0.2) is 38.2 Å². The average Bonchev–Trinajstić information content (AvgIpc) is 2.58. The van der Waals surface area contributed by atoms with Gasteiger partial charge in [0.15, 0.2) is 5.96 Å². The first-order valence-corrected chi connectivity index (χ1v) is 9.79. The van der Waals surface area contributed by atoms with Gasteiger partial charge in [-0.05, 0) is 42.4 Å². The van der Waals surface area contributed by atoms with Gasteiger partial charge in [0.1, 0.15) is 0 Å². The van der Waals surface area contributed by atoms with Gasteiger partial charge in [-0.1, -0.05) is 31.2 Å². The molecule has 0 saturated carbocycles. The zero-order chi connectivity index (χ0) is 16.8. The van der Waals surface area contributed by atoms with Crippen LogP contribution in [0.1, 0.15) is 37.3 Å². The third-order valence-corrected chi connectivity index (χ3v) is 4.16. The molecule has 1 rings (SSSR count). The first-order chi connectivity index (χ1) is 11.3. The summed E-state index contributed by atoms with van der Waals surface area (Å²) in [6, 6.07) is 8.40. The number of thioether (sulfide) groups is 1. The van der Waals surface area contributed by atoms with Gasteiger partial charge in [-0.25, -0.2) is 0 Å². The van der Waals surface area contributed by atoms with E-state index in [-0.39, 0.29) is 24.0 Å². The molecule has 24 heavy (non-hydrogen) atoms. The fourth-order valence-corrected chi connectivity index (χ4v) is 2.67. The van der Waals surface area contributed by atoms with Crippen LogP contribution in [-0.2, 0) is 17.9 Å². The molecule has 4 nitrogen and oxygen atoms in total. The number of nitrogens with zero attached hydrogens (tertiary/aromatic N) is 1. The molecular formula is C18H32IN3OS. The molecule has 0 spiro atoms. The van der Waals surface area contributed by atoms with E-state index < -0.39 is 0 Å². The number of ether oxygens (including phenoxy) is 1. The summed E-state index contributed by atoms with van der Waals surface area (Å²) >= 11 is 1.90. The Morgan fingerprint density at radius 2 is 1.92 bits per heavy atom.